The maximum absolute atomic E-state index is 12.2. The summed E-state index contributed by atoms with van der Waals surface area (Å²) in [5, 5.41) is 13.2. The summed E-state index contributed by atoms with van der Waals surface area (Å²) in [6.45, 7) is 3.58. The highest BCUT2D eigenvalue weighted by molar-refractivity contribution is 6.23. The van der Waals surface area contributed by atoms with Gasteiger partial charge in [-0.25, -0.2) is 0 Å². The molecule has 0 aliphatic heterocycles. The van der Waals surface area contributed by atoms with E-state index in [0.717, 1.165) is 0 Å². The first kappa shape index (κ1) is 15.8. The Morgan fingerprint density at radius 3 is 2.32 bits per heavy atom. The van der Waals surface area contributed by atoms with Crippen molar-refractivity contribution in [2.75, 3.05) is 5.32 Å². The van der Waals surface area contributed by atoms with Crippen molar-refractivity contribution < 1.29 is 19.3 Å². The summed E-state index contributed by atoms with van der Waals surface area (Å²) in [5.74, 6) is -3.08. The molecule has 2 rings (SSSR count). The lowest BCUT2D eigenvalue weighted by molar-refractivity contribution is -0.383. The van der Waals surface area contributed by atoms with Crippen LogP contribution in [-0.4, -0.2) is 22.4 Å². The van der Waals surface area contributed by atoms with Gasteiger partial charge in [0, 0.05) is 18.9 Å². The monoisotopic (exact) mass is 304 g/mol. The molecule has 22 heavy (non-hydrogen) atoms. The first-order valence-corrected chi connectivity index (χ1v) is 6.81. The highest BCUT2D eigenvalue weighted by Gasteiger charge is 2.43. The maximum atomic E-state index is 12.2. The van der Waals surface area contributed by atoms with Crippen LogP contribution in [0.4, 0.5) is 11.4 Å². The molecule has 7 heteroatoms. The summed E-state index contributed by atoms with van der Waals surface area (Å²) in [6, 6.07) is 5.59. The third-order valence-corrected chi connectivity index (χ3v) is 3.57. The van der Waals surface area contributed by atoms with Gasteiger partial charge in [0.15, 0.2) is 17.5 Å². The number of nitro groups is 1. The number of carbonyl (C=O) groups excluding carboxylic acids is 3. The quantitative estimate of drug-likeness (QED) is 0.523. The molecule has 1 amide bonds. The highest BCUT2D eigenvalue weighted by Crippen LogP contribution is 2.34. The van der Waals surface area contributed by atoms with E-state index in [-0.39, 0.29) is 24.2 Å². The molecule has 1 aromatic carbocycles. The summed E-state index contributed by atoms with van der Waals surface area (Å²) in [5.41, 5.74) is -0.765. The van der Waals surface area contributed by atoms with Crippen molar-refractivity contribution in [3.63, 3.8) is 0 Å². The second-order valence-corrected chi connectivity index (χ2v) is 6.15. The number of para-hydroxylation sites is 2. The molecule has 1 aromatic rings. The summed E-state index contributed by atoms with van der Waals surface area (Å²) in [4.78, 5) is 46.6. The van der Waals surface area contributed by atoms with Gasteiger partial charge in [0.25, 0.3) is 5.69 Å². The van der Waals surface area contributed by atoms with Gasteiger partial charge in [-0.15, -0.1) is 0 Å². The van der Waals surface area contributed by atoms with E-state index in [1.54, 1.807) is 13.8 Å². The van der Waals surface area contributed by atoms with Crippen LogP contribution in [0.2, 0.25) is 0 Å². The van der Waals surface area contributed by atoms with Gasteiger partial charge < -0.3 is 5.32 Å². The van der Waals surface area contributed by atoms with Crippen LogP contribution in [0.1, 0.15) is 26.7 Å². The fraction of sp³-hybridized carbons (Fsp3) is 0.400. The van der Waals surface area contributed by atoms with Crippen LogP contribution in [0.3, 0.4) is 0 Å². The molecule has 0 saturated heterocycles. The van der Waals surface area contributed by atoms with Gasteiger partial charge >= 0.3 is 0 Å². The summed E-state index contributed by atoms with van der Waals surface area (Å²) in [7, 11) is 0. The number of hydrogen-bond acceptors (Lipinski definition) is 5. The lowest BCUT2D eigenvalue weighted by Gasteiger charge is -2.31. The Hall–Kier alpha value is -2.57. The van der Waals surface area contributed by atoms with Crippen LogP contribution in [0.5, 0.6) is 0 Å². The molecular formula is C15H16N2O5. The van der Waals surface area contributed by atoms with Crippen molar-refractivity contribution in [2.24, 2.45) is 11.3 Å². The number of benzene rings is 1. The Balaban J connectivity index is 2.22. The smallest absolute Gasteiger partial charge is 0.292 e. The molecule has 1 aliphatic carbocycles. The Morgan fingerprint density at radius 2 is 1.77 bits per heavy atom. The normalized spacial score (nSPS) is 18.1. The van der Waals surface area contributed by atoms with Gasteiger partial charge in [0.05, 0.1) is 4.92 Å². The van der Waals surface area contributed by atoms with Crippen molar-refractivity contribution >= 4 is 28.8 Å². The Bertz CT molecular complexity index is 646. The van der Waals surface area contributed by atoms with E-state index in [1.807, 2.05) is 0 Å². The molecule has 0 radical (unpaired) electrons. The number of Topliss-reactive ketones (excluding diaryl/α,β-unsaturated/α-hetero) is 2. The minimum absolute atomic E-state index is 0.0251. The number of ketones is 2. The molecule has 0 aromatic heterocycles. The first-order valence-electron chi connectivity index (χ1n) is 6.81. The van der Waals surface area contributed by atoms with Gasteiger partial charge in [-0.05, 0) is 11.5 Å². The molecular weight excluding hydrogens is 288 g/mol. The predicted octanol–water partition coefficient (Wildman–Crippen LogP) is 2.11. The third-order valence-electron chi connectivity index (χ3n) is 3.57. The van der Waals surface area contributed by atoms with Crippen LogP contribution in [0.25, 0.3) is 0 Å². The predicted molar refractivity (Wildman–Crippen MR) is 78.2 cm³/mol. The average molecular weight is 304 g/mol. The van der Waals surface area contributed by atoms with Crippen molar-refractivity contribution in [3.05, 3.63) is 34.4 Å². The summed E-state index contributed by atoms with van der Waals surface area (Å²) in [6.07, 6.45) is 0.265. The molecule has 7 nitrogen and oxygen atoms in total. The lowest BCUT2D eigenvalue weighted by Crippen LogP contribution is -2.44. The van der Waals surface area contributed by atoms with E-state index in [9.17, 15) is 24.5 Å². The number of nitrogens with one attached hydrogen (secondary N) is 1. The van der Waals surface area contributed by atoms with Crippen molar-refractivity contribution in [3.8, 4) is 0 Å². The SMILES string of the molecule is CC1(C)CC(=O)C(C(=O)Nc2ccccc2[N+](=O)[O-])C(=O)C1. The summed E-state index contributed by atoms with van der Waals surface area (Å²) >= 11 is 0. The second-order valence-electron chi connectivity index (χ2n) is 6.15. The minimum atomic E-state index is -1.38. The van der Waals surface area contributed by atoms with Crippen LogP contribution in [0, 0.1) is 21.4 Å². The fourth-order valence-corrected chi connectivity index (χ4v) is 2.63. The van der Waals surface area contributed by atoms with Gasteiger partial charge in [-0.3, -0.25) is 24.5 Å². The van der Waals surface area contributed by atoms with Crippen molar-refractivity contribution in [2.45, 2.75) is 26.7 Å². The Kier molecular flexibility index (Phi) is 4.07. The number of anilines is 1. The maximum Gasteiger partial charge on any atom is 0.292 e. The number of nitro benzene ring substituents is 1. The molecule has 0 atom stereocenters. The van der Waals surface area contributed by atoms with E-state index in [4.69, 9.17) is 0 Å². The number of hydrogen-bond donors (Lipinski definition) is 1. The lowest BCUT2D eigenvalue weighted by atomic mass is 9.71. The van der Waals surface area contributed by atoms with E-state index in [0.29, 0.717) is 0 Å². The fourth-order valence-electron chi connectivity index (χ4n) is 2.63. The standard InChI is InChI=1S/C15H16N2O5/c1-15(2)7-11(18)13(12(19)8-15)14(20)16-9-5-3-4-6-10(9)17(21)22/h3-6,13H,7-8H2,1-2H3,(H,16,20). The largest absolute Gasteiger partial charge is 0.319 e. The van der Waals surface area contributed by atoms with Crippen molar-refractivity contribution in [1.29, 1.82) is 0 Å². The highest BCUT2D eigenvalue weighted by atomic mass is 16.6. The van der Waals surface area contributed by atoms with Gasteiger partial charge in [0.2, 0.25) is 5.91 Å². The second kappa shape index (κ2) is 5.67. The van der Waals surface area contributed by atoms with Crippen LogP contribution < -0.4 is 5.32 Å². The molecule has 0 bridgehead atoms. The number of nitrogens with zero attached hydrogens (tertiary/aromatic N) is 1. The minimum Gasteiger partial charge on any atom is -0.319 e. The molecule has 0 spiro atoms. The Morgan fingerprint density at radius 1 is 1.23 bits per heavy atom. The number of carbonyl (C=O) groups is 3. The van der Waals surface area contributed by atoms with E-state index in [2.05, 4.69) is 5.32 Å². The Labute approximate surface area is 126 Å². The number of rotatable bonds is 3. The van der Waals surface area contributed by atoms with Gasteiger partial charge in [-0.2, -0.15) is 0 Å². The van der Waals surface area contributed by atoms with Gasteiger partial charge in [-0.1, -0.05) is 26.0 Å². The summed E-state index contributed by atoms with van der Waals surface area (Å²) < 4.78 is 0. The van der Waals surface area contributed by atoms with Crippen LogP contribution in [-0.2, 0) is 14.4 Å². The molecule has 0 heterocycles. The van der Waals surface area contributed by atoms with E-state index < -0.39 is 33.7 Å². The zero-order valence-corrected chi connectivity index (χ0v) is 12.3. The molecule has 1 fully saturated rings. The molecule has 1 aliphatic rings. The first-order chi connectivity index (χ1) is 10.2. The van der Waals surface area contributed by atoms with Gasteiger partial charge in [0.1, 0.15) is 5.69 Å². The molecule has 1 N–H and O–H groups in total. The molecule has 116 valence electrons. The van der Waals surface area contributed by atoms with Crippen LogP contribution in [0.15, 0.2) is 24.3 Å². The number of amides is 1. The van der Waals surface area contributed by atoms with E-state index in [1.165, 1.54) is 24.3 Å². The van der Waals surface area contributed by atoms with Crippen LogP contribution >= 0.6 is 0 Å². The van der Waals surface area contributed by atoms with E-state index >= 15 is 0 Å². The van der Waals surface area contributed by atoms with Crippen molar-refractivity contribution in [1.82, 2.24) is 0 Å². The zero-order valence-electron chi connectivity index (χ0n) is 12.3. The molecule has 1 saturated carbocycles. The topological polar surface area (TPSA) is 106 Å². The molecule has 0 unspecified atom stereocenters. The third kappa shape index (κ3) is 3.19. The zero-order chi connectivity index (χ0) is 16.5. The average Bonchev–Trinajstić information content (AvgIpc) is 2.36.